The lowest BCUT2D eigenvalue weighted by atomic mass is 10.3. The summed E-state index contributed by atoms with van der Waals surface area (Å²) >= 11 is 3.37. The zero-order valence-corrected chi connectivity index (χ0v) is 11.6. The molecule has 0 saturated carbocycles. The molecule has 0 radical (unpaired) electrons. The first-order valence-corrected chi connectivity index (χ1v) is 6.05. The molecule has 0 spiro atoms. The van der Waals surface area contributed by atoms with Gasteiger partial charge in [0.15, 0.2) is 0 Å². The Bertz CT molecular complexity index is 546. The van der Waals surface area contributed by atoms with Crippen LogP contribution < -0.4 is 5.32 Å². The lowest BCUT2D eigenvalue weighted by Crippen LogP contribution is -2.22. The summed E-state index contributed by atoms with van der Waals surface area (Å²) in [5.74, 6) is 0.491. The van der Waals surface area contributed by atoms with E-state index in [1.54, 1.807) is 20.3 Å². The van der Waals surface area contributed by atoms with Gasteiger partial charge in [-0.05, 0) is 15.9 Å². The van der Waals surface area contributed by atoms with Crippen LogP contribution in [0.15, 0.2) is 16.9 Å². The number of aromatic nitrogens is 4. The standard InChI is InChI=1S/C10H13BrN6O/c1-17(2)10(18)6-3-13-16-9(6)12-5-8-7(11)4-14-15-8/h3-4H,5H2,1-2H3,(H,14,15)(H2,12,13,16). The summed E-state index contributed by atoms with van der Waals surface area (Å²) in [4.78, 5) is 13.4. The minimum atomic E-state index is -0.102. The molecular formula is C10H13BrN6O. The average molecular weight is 313 g/mol. The van der Waals surface area contributed by atoms with Crippen molar-refractivity contribution >= 4 is 27.7 Å². The Morgan fingerprint density at radius 2 is 2.11 bits per heavy atom. The number of aromatic amines is 2. The molecule has 2 aromatic rings. The lowest BCUT2D eigenvalue weighted by molar-refractivity contribution is 0.0828. The van der Waals surface area contributed by atoms with E-state index in [9.17, 15) is 4.79 Å². The van der Waals surface area contributed by atoms with Gasteiger partial charge in [-0.2, -0.15) is 10.2 Å². The van der Waals surface area contributed by atoms with Gasteiger partial charge in [-0.3, -0.25) is 15.0 Å². The van der Waals surface area contributed by atoms with Crippen LogP contribution in [-0.4, -0.2) is 45.3 Å². The summed E-state index contributed by atoms with van der Waals surface area (Å²) < 4.78 is 0.884. The van der Waals surface area contributed by atoms with Crippen molar-refractivity contribution in [3.63, 3.8) is 0 Å². The minimum absolute atomic E-state index is 0.102. The number of nitrogens with one attached hydrogen (secondary N) is 3. The molecule has 2 heterocycles. The van der Waals surface area contributed by atoms with Crippen molar-refractivity contribution in [1.29, 1.82) is 0 Å². The smallest absolute Gasteiger partial charge is 0.258 e. The number of carbonyl (C=O) groups is 1. The van der Waals surface area contributed by atoms with Crippen LogP contribution >= 0.6 is 15.9 Å². The Morgan fingerprint density at radius 1 is 1.39 bits per heavy atom. The van der Waals surface area contributed by atoms with Gasteiger partial charge in [0.25, 0.3) is 5.91 Å². The second-order valence-electron chi connectivity index (χ2n) is 3.91. The maximum absolute atomic E-state index is 11.9. The molecule has 8 heteroatoms. The highest BCUT2D eigenvalue weighted by molar-refractivity contribution is 9.10. The Labute approximate surface area is 112 Å². The third-order valence-electron chi connectivity index (χ3n) is 2.38. The molecule has 0 bridgehead atoms. The van der Waals surface area contributed by atoms with E-state index in [0.29, 0.717) is 17.9 Å². The predicted octanol–water partition coefficient (Wildman–Crippen LogP) is 1.21. The zero-order chi connectivity index (χ0) is 13.1. The molecule has 1 amide bonds. The van der Waals surface area contributed by atoms with Crippen molar-refractivity contribution in [3.8, 4) is 0 Å². The van der Waals surface area contributed by atoms with Crippen molar-refractivity contribution in [2.45, 2.75) is 6.54 Å². The first-order chi connectivity index (χ1) is 8.59. The number of hydrogen-bond donors (Lipinski definition) is 3. The predicted molar refractivity (Wildman–Crippen MR) is 70.2 cm³/mol. The summed E-state index contributed by atoms with van der Waals surface area (Å²) in [5.41, 5.74) is 1.41. The van der Waals surface area contributed by atoms with Crippen LogP contribution in [-0.2, 0) is 6.54 Å². The van der Waals surface area contributed by atoms with E-state index in [2.05, 4.69) is 41.6 Å². The first-order valence-electron chi connectivity index (χ1n) is 5.26. The molecule has 96 valence electrons. The molecule has 0 saturated heterocycles. The molecule has 7 nitrogen and oxygen atoms in total. The van der Waals surface area contributed by atoms with E-state index in [1.807, 2.05) is 0 Å². The zero-order valence-electron chi connectivity index (χ0n) is 9.99. The van der Waals surface area contributed by atoms with Gasteiger partial charge >= 0.3 is 0 Å². The van der Waals surface area contributed by atoms with E-state index in [-0.39, 0.29) is 5.91 Å². The number of nitrogens with zero attached hydrogens (tertiary/aromatic N) is 3. The molecule has 0 aromatic carbocycles. The summed E-state index contributed by atoms with van der Waals surface area (Å²) in [6, 6.07) is 0. The molecule has 0 fully saturated rings. The van der Waals surface area contributed by atoms with Crippen LogP contribution in [0.4, 0.5) is 5.82 Å². The molecular weight excluding hydrogens is 300 g/mol. The van der Waals surface area contributed by atoms with Gasteiger partial charge in [-0.25, -0.2) is 0 Å². The summed E-state index contributed by atoms with van der Waals surface area (Å²) in [6.45, 7) is 0.510. The van der Waals surface area contributed by atoms with Crippen molar-refractivity contribution in [2.75, 3.05) is 19.4 Å². The topological polar surface area (TPSA) is 89.7 Å². The number of H-pyrrole nitrogens is 2. The Morgan fingerprint density at radius 3 is 2.72 bits per heavy atom. The third-order valence-corrected chi connectivity index (χ3v) is 3.07. The fourth-order valence-electron chi connectivity index (χ4n) is 1.42. The molecule has 0 unspecified atom stereocenters. The Hall–Kier alpha value is -1.83. The normalized spacial score (nSPS) is 10.4. The SMILES string of the molecule is CN(C)C(=O)c1cn[nH]c1NCc1[nH]ncc1Br. The highest BCUT2D eigenvalue weighted by Crippen LogP contribution is 2.17. The van der Waals surface area contributed by atoms with Crippen molar-refractivity contribution < 1.29 is 4.79 Å². The van der Waals surface area contributed by atoms with Gasteiger partial charge < -0.3 is 10.2 Å². The molecule has 3 N–H and O–H groups in total. The Balaban J connectivity index is 2.09. The number of rotatable bonds is 4. The van der Waals surface area contributed by atoms with Gasteiger partial charge in [-0.1, -0.05) is 0 Å². The first kappa shape index (κ1) is 12.6. The van der Waals surface area contributed by atoms with Gasteiger partial charge in [0.1, 0.15) is 11.4 Å². The number of anilines is 1. The second kappa shape index (κ2) is 5.21. The van der Waals surface area contributed by atoms with Gasteiger partial charge in [0.2, 0.25) is 0 Å². The molecule has 0 aliphatic carbocycles. The number of halogens is 1. The lowest BCUT2D eigenvalue weighted by Gasteiger charge is -2.10. The van der Waals surface area contributed by atoms with Crippen LogP contribution in [0.5, 0.6) is 0 Å². The fourth-order valence-corrected chi connectivity index (χ4v) is 1.75. The summed E-state index contributed by atoms with van der Waals surface area (Å²) in [5, 5.41) is 16.5. The molecule has 18 heavy (non-hydrogen) atoms. The second-order valence-corrected chi connectivity index (χ2v) is 4.76. The summed E-state index contributed by atoms with van der Waals surface area (Å²) in [7, 11) is 3.40. The highest BCUT2D eigenvalue weighted by Gasteiger charge is 2.15. The van der Waals surface area contributed by atoms with E-state index in [0.717, 1.165) is 10.2 Å². The third kappa shape index (κ3) is 2.53. The maximum Gasteiger partial charge on any atom is 0.258 e. The van der Waals surface area contributed by atoms with Crippen LogP contribution in [0.25, 0.3) is 0 Å². The van der Waals surface area contributed by atoms with E-state index in [1.165, 1.54) is 11.1 Å². The van der Waals surface area contributed by atoms with Crippen molar-refractivity contribution in [1.82, 2.24) is 25.3 Å². The van der Waals surface area contributed by atoms with Crippen LogP contribution in [0.3, 0.4) is 0 Å². The van der Waals surface area contributed by atoms with E-state index < -0.39 is 0 Å². The van der Waals surface area contributed by atoms with Gasteiger partial charge in [-0.15, -0.1) is 0 Å². The van der Waals surface area contributed by atoms with Crippen molar-refractivity contribution in [3.05, 3.63) is 28.1 Å². The van der Waals surface area contributed by atoms with Crippen molar-refractivity contribution in [2.24, 2.45) is 0 Å². The number of carbonyl (C=O) groups excluding carboxylic acids is 1. The maximum atomic E-state index is 11.9. The van der Waals surface area contributed by atoms with Gasteiger partial charge in [0.05, 0.1) is 29.1 Å². The quantitative estimate of drug-likeness (QED) is 0.791. The molecule has 0 atom stereocenters. The van der Waals surface area contributed by atoms with Crippen LogP contribution in [0, 0.1) is 0 Å². The van der Waals surface area contributed by atoms with Crippen LogP contribution in [0.1, 0.15) is 16.1 Å². The summed E-state index contributed by atoms with van der Waals surface area (Å²) in [6.07, 6.45) is 3.18. The van der Waals surface area contributed by atoms with Gasteiger partial charge in [0, 0.05) is 14.1 Å². The van der Waals surface area contributed by atoms with Crippen LogP contribution in [0.2, 0.25) is 0 Å². The molecule has 2 aromatic heterocycles. The highest BCUT2D eigenvalue weighted by atomic mass is 79.9. The number of amides is 1. The minimum Gasteiger partial charge on any atom is -0.364 e. The fraction of sp³-hybridized carbons (Fsp3) is 0.300. The monoisotopic (exact) mass is 312 g/mol. The molecule has 0 aliphatic rings. The van der Waals surface area contributed by atoms with E-state index in [4.69, 9.17) is 0 Å². The molecule has 0 aliphatic heterocycles. The Kier molecular flexibility index (Phi) is 3.66. The average Bonchev–Trinajstić information content (AvgIpc) is 2.94. The van der Waals surface area contributed by atoms with E-state index >= 15 is 0 Å². The number of hydrogen-bond acceptors (Lipinski definition) is 4. The largest absolute Gasteiger partial charge is 0.364 e. The molecule has 2 rings (SSSR count).